The van der Waals surface area contributed by atoms with E-state index < -0.39 is 26.7 Å². The second-order valence-electron chi connectivity index (χ2n) is 2.82. The lowest BCUT2D eigenvalue weighted by molar-refractivity contribution is -0.147. The molecule has 0 aromatic heterocycles. The van der Waals surface area contributed by atoms with Crippen LogP contribution in [0, 0.1) is 0 Å². The van der Waals surface area contributed by atoms with Crippen LogP contribution < -0.4 is 0 Å². The van der Waals surface area contributed by atoms with E-state index in [1.165, 1.54) is 0 Å². The highest BCUT2D eigenvalue weighted by Gasteiger charge is 2.49. The molecule has 0 amide bonds. The van der Waals surface area contributed by atoms with Gasteiger partial charge in [-0.1, -0.05) is 6.92 Å². The smallest absolute Gasteiger partial charge is 0.455 e. The van der Waals surface area contributed by atoms with Gasteiger partial charge in [0.05, 0.1) is 6.04 Å². The molecule has 0 aliphatic heterocycles. The van der Waals surface area contributed by atoms with Crippen LogP contribution in [0.2, 0.25) is 6.04 Å². The van der Waals surface area contributed by atoms with Crippen LogP contribution in [0.15, 0.2) is 0 Å². The van der Waals surface area contributed by atoms with Gasteiger partial charge in [0.1, 0.15) is 0 Å². The fourth-order valence-electron chi connectivity index (χ4n) is 0.936. The molecule has 0 radical (unpaired) electrons. The highest BCUT2D eigenvalue weighted by Crippen LogP contribution is 2.16. The first kappa shape index (κ1) is 17.2. The first-order valence-corrected chi connectivity index (χ1v) is 6.33. The minimum atomic E-state index is -3.51. The molecule has 0 aliphatic rings. The number of carbonyl (C=O) groups is 3. The molecule has 0 saturated carbocycles. The highest BCUT2D eigenvalue weighted by atomic mass is 28.4. The minimum Gasteiger partial charge on any atom is -0.455 e. The molecule has 0 fully saturated rings. The van der Waals surface area contributed by atoms with Gasteiger partial charge in [-0.15, -0.1) is 0 Å². The van der Waals surface area contributed by atoms with Crippen molar-refractivity contribution in [1.82, 2.24) is 0 Å². The van der Waals surface area contributed by atoms with Gasteiger partial charge in [-0.2, -0.15) is 0 Å². The second kappa shape index (κ2) is 7.17. The van der Waals surface area contributed by atoms with E-state index in [4.69, 9.17) is 13.3 Å². The fourth-order valence-corrected chi connectivity index (χ4v) is 2.81. The summed E-state index contributed by atoms with van der Waals surface area (Å²) in [5, 5.41) is 0. The molecule has 0 N–H and O–H groups in total. The molecule has 0 spiro atoms. The number of hydrogen-bond acceptors (Lipinski definition) is 6. The van der Waals surface area contributed by atoms with Crippen molar-refractivity contribution in [2.24, 2.45) is 0 Å². The van der Waals surface area contributed by atoms with E-state index in [-0.39, 0.29) is 17.0 Å². The molecule has 8 heteroatoms. The van der Waals surface area contributed by atoms with Gasteiger partial charge in [0.2, 0.25) is 0 Å². The molecule has 0 rings (SSSR count). The summed E-state index contributed by atoms with van der Waals surface area (Å²) >= 11 is 0. The maximum atomic E-state index is 10.8. The van der Waals surface area contributed by atoms with Gasteiger partial charge in [-0.25, -0.2) is 0 Å². The van der Waals surface area contributed by atoms with E-state index in [0.29, 0.717) is 0 Å². The maximum Gasteiger partial charge on any atom is 0.704 e. The molecule has 0 aromatic rings. The second-order valence-corrected chi connectivity index (χ2v) is 5.50. The quantitative estimate of drug-likeness (QED) is 0.619. The first-order chi connectivity index (χ1) is 6.81. The molecule has 0 aliphatic carbocycles. The van der Waals surface area contributed by atoms with Crippen LogP contribution in [0.4, 0.5) is 0 Å². The molecular formula is C8H18O6Si2. The normalized spacial score (nSPS) is 9.75. The van der Waals surface area contributed by atoms with Crippen LogP contribution in [-0.2, 0) is 27.7 Å². The molecule has 94 valence electrons. The highest BCUT2D eigenvalue weighted by molar-refractivity contribution is 6.65. The topological polar surface area (TPSA) is 78.9 Å². The van der Waals surface area contributed by atoms with Crippen LogP contribution in [0.3, 0.4) is 0 Å². The Morgan fingerprint density at radius 2 is 1.12 bits per heavy atom. The molecule has 0 aromatic carbocycles. The molecule has 0 bridgehead atoms. The van der Waals surface area contributed by atoms with Gasteiger partial charge in [0.15, 0.2) is 0 Å². The van der Waals surface area contributed by atoms with Gasteiger partial charge in [-0.3, -0.25) is 14.4 Å². The van der Waals surface area contributed by atoms with Crippen LogP contribution in [0.25, 0.3) is 0 Å². The van der Waals surface area contributed by atoms with E-state index in [0.717, 1.165) is 20.8 Å². The predicted molar refractivity (Wildman–Crippen MR) is 62.9 cm³/mol. The maximum absolute atomic E-state index is 10.8. The number of hydrogen-bond donors (Lipinski definition) is 0. The van der Waals surface area contributed by atoms with Crippen molar-refractivity contribution >= 4 is 37.7 Å². The van der Waals surface area contributed by atoms with Crippen molar-refractivity contribution < 1.29 is 27.7 Å². The Balaban J connectivity index is 0. The summed E-state index contributed by atoms with van der Waals surface area (Å²) in [5.41, 5.74) is 0. The van der Waals surface area contributed by atoms with Crippen molar-refractivity contribution in [3.05, 3.63) is 0 Å². The van der Waals surface area contributed by atoms with Crippen molar-refractivity contribution in [2.75, 3.05) is 0 Å². The Labute approximate surface area is 99.6 Å². The summed E-state index contributed by atoms with van der Waals surface area (Å²) < 4.78 is 14.5. The Morgan fingerprint density at radius 1 is 0.875 bits per heavy atom. The number of carbonyl (C=O) groups excluding carboxylic acids is 3. The first-order valence-electron chi connectivity index (χ1n) is 4.40. The largest absolute Gasteiger partial charge is 0.704 e. The average molecular weight is 266 g/mol. The Morgan fingerprint density at radius 3 is 1.25 bits per heavy atom. The molecule has 16 heavy (non-hydrogen) atoms. The lowest BCUT2D eigenvalue weighted by Gasteiger charge is -2.24. The monoisotopic (exact) mass is 266 g/mol. The van der Waals surface area contributed by atoms with Crippen LogP contribution in [0.1, 0.15) is 27.7 Å². The van der Waals surface area contributed by atoms with Gasteiger partial charge in [-0.05, 0) is 11.0 Å². The minimum absolute atomic E-state index is 0. The molecule has 0 heterocycles. The molecule has 6 nitrogen and oxygen atoms in total. The van der Waals surface area contributed by atoms with Crippen molar-refractivity contribution in [3.63, 3.8) is 0 Å². The molecular weight excluding hydrogens is 248 g/mol. The predicted octanol–water partition coefficient (Wildman–Crippen LogP) is -0.817. The number of rotatable bonds is 4. The fraction of sp³-hybridized carbons (Fsp3) is 0.625. The molecule has 0 saturated heterocycles. The van der Waals surface area contributed by atoms with Crippen molar-refractivity contribution in [1.29, 1.82) is 0 Å². The third-order valence-electron chi connectivity index (χ3n) is 1.33. The van der Waals surface area contributed by atoms with Crippen LogP contribution >= 0.6 is 0 Å². The Hall–Kier alpha value is -1.16. The third kappa shape index (κ3) is 6.35. The van der Waals surface area contributed by atoms with Crippen molar-refractivity contribution in [3.8, 4) is 0 Å². The summed E-state index contributed by atoms with van der Waals surface area (Å²) in [7, 11) is -3.51. The molecule has 0 atom stereocenters. The van der Waals surface area contributed by atoms with Gasteiger partial charge < -0.3 is 13.3 Å². The summed E-state index contributed by atoms with van der Waals surface area (Å²) in [6.45, 7) is 5.08. The summed E-state index contributed by atoms with van der Waals surface area (Å²) in [6, 6.07) is 0.158. The van der Waals surface area contributed by atoms with Crippen LogP contribution in [0.5, 0.6) is 0 Å². The summed E-state index contributed by atoms with van der Waals surface area (Å²) in [5.74, 6) is -1.94. The Kier molecular flexibility index (Phi) is 7.73. The average Bonchev–Trinajstić information content (AvgIpc) is 1.99. The van der Waals surface area contributed by atoms with E-state index in [2.05, 4.69) is 0 Å². The lowest BCUT2D eigenvalue weighted by Crippen LogP contribution is -2.48. The SMILES string of the molecule is CC[Si](OC(C)=O)(OC(C)=O)OC(C)=O.[SiH4]. The van der Waals surface area contributed by atoms with Crippen molar-refractivity contribution in [2.45, 2.75) is 33.7 Å². The van der Waals surface area contributed by atoms with E-state index in [9.17, 15) is 14.4 Å². The van der Waals surface area contributed by atoms with E-state index >= 15 is 0 Å². The van der Waals surface area contributed by atoms with E-state index in [1.807, 2.05) is 0 Å². The standard InChI is InChI=1S/C8H14O6Si.H4Si/c1-5-15(12-6(2)9,13-7(3)10)14-8(4)11;/h5H2,1-4H3;1H4. The zero-order valence-corrected chi connectivity index (χ0v) is 10.2. The summed E-state index contributed by atoms with van der Waals surface area (Å²) in [6.07, 6.45) is 0. The zero-order valence-electron chi connectivity index (χ0n) is 9.16. The van der Waals surface area contributed by atoms with E-state index in [1.54, 1.807) is 6.92 Å². The van der Waals surface area contributed by atoms with Gasteiger partial charge in [0, 0.05) is 20.8 Å². The molecule has 0 unspecified atom stereocenters. The zero-order chi connectivity index (χ0) is 12.1. The van der Waals surface area contributed by atoms with Crippen LogP contribution in [-0.4, -0.2) is 37.7 Å². The lowest BCUT2D eigenvalue weighted by atomic mass is 10.9. The third-order valence-corrected chi connectivity index (χ3v) is 3.99. The van der Waals surface area contributed by atoms with Gasteiger partial charge >= 0.3 is 8.80 Å². The van der Waals surface area contributed by atoms with Gasteiger partial charge in [0.25, 0.3) is 17.9 Å². The Bertz CT molecular complexity index is 237. The summed E-state index contributed by atoms with van der Waals surface area (Å²) in [4.78, 5) is 32.4.